The summed E-state index contributed by atoms with van der Waals surface area (Å²) < 4.78 is 39.5. The maximum Gasteiger partial charge on any atom is 0.422 e. The number of alkyl halides is 3. The molecule has 0 aliphatic heterocycles. The number of nitrogens with one attached hydrogen (secondary N) is 2. The molecule has 2 rings (SSSR count). The highest BCUT2D eigenvalue weighted by molar-refractivity contribution is 5.77. The fraction of sp³-hybridized carbons (Fsp3) is 0.467. The fourth-order valence-corrected chi connectivity index (χ4v) is 2.45. The average molecular weight is 330 g/mol. The van der Waals surface area contributed by atoms with E-state index in [1.165, 1.54) is 5.56 Å². The zero-order chi connectivity index (χ0) is 16.9. The van der Waals surface area contributed by atoms with E-state index in [1.54, 1.807) is 0 Å². The Balaban J connectivity index is 1.67. The van der Waals surface area contributed by atoms with E-state index in [-0.39, 0.29) is 24.9 Å². The predicted octanol–water partition coefficient (Wildman–Crippen LogP) is 2.47. The van der Waals surface area contributed by atoms with Crippen LogP contribution in [0.3, 0.4) is 0 Å². The van der Waals surface area contributed by atoms with Gasteiger partial charge in [0.1, 0.15) is 0 Å². The first kappa shape index (κ1) is 17.1. The van der Waals surface area contributed by atoms with E-state index < -0.39 is 18.9 Å². The van der Waals surface area contributed by atoms with Crippen LogP contribution in [0.1, 0.15) is 30.0 Å². The number of alkyl carbamates (subject to hydrolysis) is 1. The molecule has 0 bridgehead atoms. The minimum atomic E-state index is -4.56. The van der Waals surface area contributed by atoms with Crippen molar-refractivity contribution in [1.29, 1.82) is 0 Å². The Morgan fingerprint density at radius 3 is 2.74 bits per heavy atom. The molecule has 0 aromatic heterocycles. The molecule has 0 radical (unpaired) electrons. The second-order valence-corrected chi connectivity index (χ2v) is 5.23. The van der Waals surface area contributed by atoms with Gasteiger partial charge in [-0.05, 0) is 24.0 Å². The number of rotatable bonds is 5. The van der Waals surface area contributed by atoms with Gasteiger partial charge in [-0.2, -0.15) is 13.2 Å². The van der Waals surface area contributed by atoms with Crippen LogP contribution >= 0.6 is 0 Å². The van der Waals surface area contributed by atoms with Crippen molar-refractivity contribution in [3.05, 3.63) is 35.4 Å². The van der Waals surface area contributed by atoms with Crippen LogP contribution in [0, 0.1) is 0 Å². The zero-order valence-corrected chi connectivity index (χ0v) is 12.3. The van der Waals surface area contributed by atoms with Crippen LogP contribution in [0.2, 0.25) is 0 Å². The van der Waals surface area contributed by atoms with Crippen molar-refractivity contribution < 1.29 is 27.5 Å². The first-order valence-electron chi connectivity index (χ1n) is 7.20. The van der Waals surface area contributed by atoms with Gasteiger partial charge >= 0.3 is 12.3 Å². The molecule has 1 aliphatic carbocycles. The van der Waals surface area contributed by atoms with E-state index in [9.17, 15) is 22.8 Å². The number of ether oxygens (including phenoxy) is 1. The molecule has 5 nitrogen and oxygen atoms in total. The van der Waals surface area contributed by atoms with Gasteiger partial charge in [-0.15, -0.1) is 0 Å². The molecule has 1 atom stereocenters. The van der Waals surface area contributed by atoms with Crippen molar-refractivity contribution >= 4 is 12.0 Å². The fourth-order valence-electron chi connectivity index (χ4n) is 2.45. The minimum Gasteiger partial charge on any atom is -0.440 e. The van der Waals surface area contributed by atoms with Crippen LogP contribution in [0.15, 0.2) is 24.3 Å². The first-order valence-corrected chi connectivity index (χ1v) is 7.20. The molecule has 1 aromatic rings. The second kappa shape index (κ2) is 7.34. The molecular weight excluding hydrogens is 313 g/mol. The maximum atomic E-state index is 11.8. The minimum absolute atomic E-state index is 0.0280. The van der Waals surface area contributed by atoms with E-state index in [4.69, 9.17) is 0 Å². The van der Waals surface area contributed by atoms with Gasteiger partial charge in [-0.1, -0.05) is 24.3 Å². The molecule has 23 heavy (non-hydrogen) atoms. The summed E-state index contributed by atoms with van der Waals surface area (Å²) in [5.41, 5.74) is 2.28. The van der Waals surface area contributed by atoms with Crippen molar-refractivity contribution in [3.8, 4) is 0 Å². The van der Waals surface area contributed by atoms with E-state index in [1.807, 2.05) is 24.3 Å². The third-order valence-electron chi connectivity index (χ3n) is 3.46. The Kier molecular flexibility index (Phi) is 5.46. The van der Waals surface area contributed by atoms with Crippen molar-refractivity contribution in [2.45, 2.75) is 31.5 Å². The van der Waals surface area contributed by atoms with Gasteiger partial charge in [-0.25, -0.2) is 4.79 Å². The number of hydrogen-bond acceptors (Lipinski definition) is 3. The number of halogens is 3. The topological polar surface area (TPSA) is 67.4 Å². The van der Waals surface area contributed by atoms with Crippen LogP contribution in [-0.2, 0) is 16.0 Å². The average Bonchev–Trinajstić information content (AvgIpc) is 2.88. The number of amides is 2. The Hall–Kier alpha value is -2.25. The quantitative estimate of drug-likeness (QED) is 0.871. The number of fused-ring (bicyclic) bond motifs is 1. The van der Waals surface area contributed by atoms with E-state index in [0.717, 1.165) is 18.4 Å². The molecule has 0 spiro atoms. The molecule has 0 fully saturated rings. The number of carbonyl (C=O) groups is 2. The third-order valence-corrected chi connectivity index (χ3v) is 3.46. The molecule has 0 saturated heterocycles. The van der Waals surface area contributed by atoms with Gasteiger partial charge in [0.2, 0.25) is 5.91 Å². The normalized spacial score (nSPS) is 16.6. The number of aryl methyl sites for hydroxylation is 1. The summed E-state index contributed by atoms with van der Waals surface area (Å²) in [6.07, 6.45) is -4.08. The monoisotopic (exact) mass is 330 g/mol. The standard InChI is InChI=1S/C15H17F3N2O3/c16-15(17,18)9-23-14(22)19-8-7-13(21)20-12-6-5-10-3-1-2-4-11(10)12/h1-4,12H,5-9H2,(H,19,22)(H,20,21)/t12-/m1/s1. The molecule has 8 heteroatoms. The molecule has 2 amide bonds. The van der Waals surface area contributed by atoms with Crippen LogP contribution in [0.4, 0.5) is 18.0 Å². The van der Waals surface area contributed by atoms with Gasteiger partial charge in [0.25, 0.3) is 0 Å². The molecule has 2 N–H and O–H groups in total. The van der Waals surface area contributed by atoms with E-state index in [2.05, 4.69) is 15.4 Å². The lowest BCUT2D eigenvalue weighted by Gasteiger charge is -2.14. The van der Waals surface area contributed by atoms with Gasteiger partial charge in [0.05, 0.1) is 6.04 Å². The highest BCUT2D eigenvalue weighted by Gasteiger charge is 2.29. The van der Waals surface area contributed by atoms with E-state index in [0.29, 0.717) is 0 Å². The molecule has 0 saturated carbocycles. The summed E-state index contributed by atoms with van der Waals surface area (Å²) in [7, 11) is 0. The lowest BCUT2D eigenvalue weighted by molar-refractivity contribution is -0.160. The molecular formula is C15H17F3N2O3. The maximum absolute atomic E-state index is 11.8. The Bertz CT molecular complexity index is 575. The van der Waals surface area contributed by atoms with Crippen molar-refractivity contribution in [3.63, 3.8) is 0 Å². The summed E-state index contributed by atoms with van der Waals surface area (Å²) in [4.78, 5) is 22.8. The first-order chi connectivity index (χ1) is 10.8. The van der Waals surface area contributed by atoms with E-state index >= 15 is 0 Å². The smallest absolute Gasteiger partial charge is 0.422 e. The lowest BCUT2D eigenvalue weighted by Crippen LogP contribution is -2.33. The lowest BCUT2D eigenvalue weighted by atomic mass is 10.1. The second-order valence-electron chi connectivity index (χ2n) is 5.23. The Labute approximate surface area is 131 Å². The third kappa shape index (κ3) is 5.46. The highest BCUT2D eigenvalue weighted by atomic mass is 19.4. The molecule has 1 aliphatic rings. The SMILES string of the molecule is O=C(CCNC(=O)OCC(F)(F)F)N[C@@H]1CCc2ccccc21. The number of hydrogen-bond donors (Lipinski definition) is 2. The van der Waals surface area contributed by atoms with Crippen molar-refractivity contribution in [1.82, 2.24) is 10.6 Å². The number of benzene rings is 1. The van der Waals surface area contributed by atoms with Crippen molar-refractivity contribution in [2.24, 2.45) is 0 Å². The largest absolute Gasteiger partial charge is 0.440 e. The predicted molar refractivity (Wildman–Crippen MR) is 75.7 cm³/mol. The van der Waals surface area contributed by atoms with Crippen LogP contribution in [0.5, 0.6) is 0 Å². The van der Waals surface area contributed by atoms with Crippen LogP contribution < -0.4 is 10.6 Å². The highest BCUT2D eigenvalue weighted by Crippen LogP contribution is 2.30. The Morgan fingerprint density at radius 1 is 1.26 bits per heavy atom. The van der Waals surface area contributed by atoms with Crippen molar-refractivity contribution in [2.75, 3.05) is 13.2 Å². The Morgan fingerprint density at radius 2 is 2.00 bits per heavy atom. The van der Waals surface area contributed by atoms with Gasteiger partial charge in [0, 0.05) is 13.0 Å². The summed E-state index contributed by atoms with van der Waals surface area (Å²) in [6, 6.07) is 7.76. The molecule has 0 unspecified atom stereocenters. The van der Waals surface area contributed by atoms with Gasteiger partial charge < -0.3 is 15.4 Å². The molecule has 1 aromatic carbocycles. The summed E-state index contributed by atoms with van der Waals surface area (Å²) in [5, 5.41) is 4.96. The summed E-state index contributed by atoms with van der Waals surface area (Å²) in [6.45, 7) is -1.74. The zero-order valence-electron chi connectivity index (χ0n) is 12.3. The van der Waals surface area contributed by atoms with Gasteiger partial charge in [0.15, 0.2) is 6.61 Å². The molecule has 0 heterocycles. The summed E-state index contributed by atoms with van der Waals surface area (Å²) >= 11 is 0. The molecule has 126 valence electrons. The number of carbonyl (C=O) groups excluding carboxylic acids is 2. The van der Waals surface area contributed by atoms with Crippen LogP contribution in [0.25, 0.3) is 0 Å². The van der Waals surface area contributed by atoms with Gasteiger partial charge in [-0.3, -0.25) is 4.79 Å². The summed E-state index contributed by atoms with van der Waals surface area (Å²) in [5.74, 6) is -0.275. The van der Waals surface area contributed by atoms with Crippen LogP contribution in [-0.4, -0.2) is 31.3 Å².